The summed E-state index contributed by atoms with van der Waals surface area (Å²) in [4.78, 5) is 12.0. The fraction of sp³-hybridized carbons (Fsp3) is 0.105. The lowest BCUT2D eigenvalue weighted by Gasteiger charge is -2.09. The van der Waals surface area contributed by atoms with Gasteiger partial charge in [0.05, 0.1) is 5.69 Å². The molecule has 6 nitrogen and oxygen atoms in total. The molecule has 0 fully saturated rings. The van der Waals surface area contributed by atoms with Crippen molar-refractivity contribution in [3.05, 3.63) is 71.9 Å². The molecule has 0 bridgehead atoms. The van der Waals surface area contributed by atoms with Crippen molar-refractivity contribution in [3.8, 4) is 11.6 Å². The Bertz CT molecular complexity index is 844. The number of nitrogens with zero attached hydrogens (tertiary/aromatic N) is 2. The molecule has 2 N–H and O–H groups in total. The Morgan fingerprint density at radius 1 is 0.800 bits per heavy atom. The van der Waals surface area contributed by atoms with Crippen LogP contribution in [-0.2, 0) is 0 Å². The summed E-state index contributed by atoms with van der Waals surface area (Å²) in [5.74, 6) is 1.03. The van der Waals surface area contributed by atoms with Gasteiger partial charge in [-0.15, -0.1) is 5.10 Å². The Hall–Kier alpha value is -3.41. The molecule has 126 valence electrons. The fourth-order valence-electron chi connectivity index (χ4n) is 2.10. The summed E-state index contributed by atoms with van der Waals surface area (Å²) in [6.07, 6.45) is 0. The first-order valence-corrected chi connectivity index (χ1v) is 7.81. The molecule has 25 heavy (non-hydrogen) atoms. The summed E-state index contributed by atoms with van der Waals surface area (Å²) in [6, 6.07) is 17.9. The van der Waals surface area contributed by atoms with E-state index in [0.717, 1.165) is 16.9 Å². The standard InChI is InChI=1S/C19H18N4O2/c1-13-3-6-15(7-4-13)20-19(24)21-16-8-10-17(11-9-16)25-18-12-5-14(2)22-23-18/h3-12H,1-2H3,(H2,20,21,24). The summed E-state index contributed by atoms with van der Waals surface area (Å²) in [5, 5.41) is 13.4. The van der Waals surface area contributed by atoms with Crippen molar-refractivity contribution < 1.29 is 9.53 Å². The number of carbonyl (C=O) groups excluding carboxylic acids is 1. The van der Waals surface area contributed by atoms with Crippen LogP contribution in [0.15, 0.2) is 60.7 Å². The zero-order valence-electron chi connectivity index (χ0n) is 14.0. The monoisotopic (exact) mass is 334 g/mol. The minimum absolute atomic E-state index is 0.304. The van der Waals surface area contributed by atoms with Crippen molar-refractivity contribution in [1.82, 2.24) is 10.2 Å². The topological polar surface area (TPSA) is 76.1 Å². The summed E-state index contributed by atoms with van der Waals surface area (Å²) in [5.41, 5.74) is 3.36. The molecule has 0 atom stereocenters. The van der Waals surface area contributed by atoms with Crippen molar-refractivity contribution in [3.63, 3.8) is 0 Å². The molecular formula is C19H18N4O2. The third-order valence-corrected chi connectivity index (χ3v) is 3.42. The molecule has 0 spiro atoms. The Morgan fingerprint density at radius 3 is 1.96 bits per heavy atom. The van der Waals surface area contributed by atoms with Crippen LogP contribution in [0.2, 0.25) is 0 Å². The Kier molecular flexibility index (Phi) is 4.89. The third kappa shape index (κ3) is 4.78. The molecule has 0 aliphatic carbocycles. The first-order chi connectivity index (χ1) is 12.1. The number of ether oxygens (including phenoxy) is 1. The van der Waals surface area contributed by atoms with Gasteiger partial charge >= 0.3 is 6.03 Å². The van der Waals surface area contributed by atoms with Crippen LogP contribution in [0.3, 0.4) is 0 Å². The average molecular weight is 334 g/mol. The molecule has 1 heterocycles. The van der Waals surface area contributed by atoms with E-state index in [2.05, 4.69) is 20.8 Å². The normalized spacial score (nSPS) is 10.2. The molecule has 0 unspecified atom stereocenters. The van der Waals surface area contributed by atoms with Crippen LogP contribution in [0, 0.1) is 13.8 Å². The molecule has 0 saturated carbocycles. The van der Waals surface area contributed by atoms with E-state index in [1.54, 1.807) is 30.3 Å². The minimum Gasteiger partial charge on any atom is -0.438 e. The third-order valence-electron chi connectivity index (χ3n) is 3.42. The predicted molar refractivity (Wildman–Crippen MR) is 97.1 cm³/mol. The number of benzene rings is 2. The fourth-order valence-corrected chi connectivity index (χ4v) is 2.10. The quantitative estimate of drug-likeness (QED) is 0.735. The largest absolute Gasteiger partial charge is 0.438 e. The smallest absolute Gasteiger partial charge is 0.323 e. The maximum absolute atomic E-state index is 12.0. The molecule has 3 aromatic rings. The highest BCUT2D eigenvalue weighted by atomic mass is 16.5. The zero-order chi connectivity index (χ0) is 17.6. The summed E-state index contributed by atoms with van der Waals surface area (Å²) < 4.78 is 5.60. The van der Waals surface area contributed by atoms with E-state index in [0.29, 0.717) is 17.3 Å². The lowest BCUT2D eigenvalue weighted by atomic mass is 10.2. The molecule has 0 radical (unpaired) electrons. The van der Waals surface area contributed by atoms with Gasteiger partial charge in [0, 0.05) is 17.4 Å². The van der Waals surface area contributed by atoms with Crippen molar-refractivity contribution in [2.75, 3.05) is 10.6 Å². The van der Waals surface area contributed by atoms with E-state index in [4.69, 9.17) is 4.74 Å². The number of aromatic nitrogens is 2. The van der Waals surface area contributed by atoms with Crippen molar-refractivity contribution in [2.45, 2.75) is 13.8 Å². The lowest BCUT2D eigenvalue weighted by Crippen LogP contribution is -2.19. The average Bonchev–Trinajstić information content (AvgIpc) is 2.61. The van der Waals surface area contributed by atoms with E-state index in [1.165, 1.54) is 0 Å². The number of urea groups is 1. The summed E-state index contributed by atoms with van der Waals surface area (Å²) in [7, 11) is 0. The van der Waals surface area contributed by atoms with Crippen LogP contribution in [0.4, 0.5) is 16.2 Å². The number of anilines is 2. The molecule has 0 saturated heterocycles. The van der Waals surface area contributed by atoms with Gasteiger partial charge in [-0.25, -0.2) is 4.79 Å². The maximum atomic E-state index is 12.0. The van der Waals surface area contributed by atoms with Crippen molar-refractivity contribution in [2.24, 2.45) is 0 Å². The van der Waals surface area contributed by atoms with E-state index in [-0.39, 0.29) is 6.03 Å². The molecule has 6 heteroatoms. The summed E-state index contributed by atoms with van der Waals surface area (Å²) >= 11 is 0. The van der Waals surface area contributed by atoms with Gasteiger partial charge in [-0.3, -0.25) is 0 Å². The van der Waals surface area contributed by atoms with Gasteiger partial charge in [0.1, 0.15) is 5.75 Å². The molecule has 2 aromatic carbocycles. The van der Waals surface area contributed by atoms with Gasteiger partial charge in [0.25, 0.3) is 0 Å². The number of hydrogen-bond acceptors (Lipinski definition) is 4. The number of nitrogens with one attached hydrogen (secondary N) is 2. The second-order valence-electron chi connectivity index (χ2n) is 5.58. The highest BCUT2D eigenvalue weighted by molar-refractivity contribution is 5.99. The lowest BCUT2D eigenvalue weighted by molar-refractivity contribution is 0.262. The van der Waals surface area contributed by atoms with Gasteiger partial charge in [-0.2, -0.15) is 5.10 Å². The Morgan fingerprint density at radius 2 is 1.40 bits per heavy atom. The second-order valence-corrected chi connectivity index (χ2v) is 5.58. The van der Waals surface area contributed by atoms with Crippen LogP contribution >= 0.6 is 0 Å². The van der Waals surface area contributed by atoms with Gasteiger partial charge in [0.2, 0.25) is 5.88 Å². The highest BCUT2D eigenvalue weighted by Crippen LogP contribution is 2.21. The summed E-state index contributed by atoms with van der Waals surface area (Å²) in [6.45, 7) is 3.86. The molecule has 1 aromatic heterocycles. The minimum atomic E-state index is -0.304. The molecule has 3 rings (SSSR count). The van der Waals surface area contributed by atoms with Crippen LogP contribution < -0.4 is 15.4 Å². The van der Waals surface area contributed by atoms with E-state index in [9.17, 15) is 4.79 Å². The van der Waals surface area contributed by atoms with E-state index < -0.39 is 0 Å². The van der Waals surface area contributed by atoms with E-state index in [1.807, 2.05) is 44.2 Å². The predicted octanol–water partition coefficient (Wildman–Crippen LogP) is 4.53. The van der Waals surface area contributed by atoms with Gasteiger partial charge in [0.15, 0.2) is 0 Å². The molecule has 0 aliphatic heterocycles. The Balaban J connectivity index is 1.57. The van der Waals surface area contributed by atoms with Crippen LogP contribution in [-0.4, -0.2) is 16.2 Å². The van der Waals surface area contributed by atoms with Crippen LogP contribution in [0.1, 0.15) is 11.3 Å². The van der Waals surface area contributed by atoms with Gasteiger partial charge in [-0.1, -0.05) is 17.7 Å². The maximum Gasteiger partial charge on any atom is 0.323 e. The van der Waals surface area contributed by atoms with Crippen LogP contribution in [0.25, 0.3) is 0 Å². The second kappa shape index (κ2) is 7.44. The van der Waals surface area contributed by atoms with Gasteiger partial charge in [-0.05, 0) is 56.3 Å². The van der Waals surface area contributed by atoms with Crippen molar-refractivity contribution >= 4 is 17.4 Å². The first kappa shape index (κ1) is 16.4. The van der Waals surface area contributed by atoms with Crippen molar-refractivity contribution in [1.29, 1.82) is 0 Å². The molecule has 0 aliphatic rings. The Labute approximate surface area is 145 Å². The molecular weight excluding hydrogens is 316 g/mol. The zero-order valence-corrected chi connectivity index (χ0v) is 14.0. The number of hydrogen-bond donors (Lipinski definition) is 2. The highest BCUT2D eigenvalue weighted by Gasteiger charge is 2.04. The SMILES string of the molecule is Cc1ccc(NC(=O)Nc2ccc(Oc3ccc(C)nn3)cc2)cc1. The molecule has 2 amide bonds. The first-order valence-electron chi connectivity index (χ1n) is 7.81. The number of amides is 2. The van der Waals surface area contributed by atoms with E-state index >= 15 is 0 Å². The van der Waals surface area contributed by atoms with Gasteiger partial charge < -0.3 is 15.4 Å². The number of aryl methyl sites for hydroxylation is 2. The van der Waals surface area contributed by atoms with Crippen LogP contribution in [0.5, 0.6) is 11.6 Å². The number of rotatable bonds is 4. The number of carbonyl (C=O) groups is 1.